The fourth-order valence-electron chi connectivity index (χ4n) is 4.08. The van der Waals surface area contributed by atoms with Crippen molar-refractivity contribution in [2.45, 2.75) is 13.8 Å². The molecule has 28 heavy (non-hydrogen) atoms. The molecule has 1 unspecified atom stereocenters. The maximum absolute atomic E-state index is 3.39. The van der Waals surface area contributed by atoms with E-state index in [2.05, 4.69) is 132 Å². The molecule has 0 nitrogen and oxygen atoms in total. The fourth-order valence-corrected chi connectivity index (χ4v) is 11.1. The zero-order valence-electron chi connectivity index (χ0n) is 16.4. The first kappa shape index (κ1) is 19.1. The predicted molar refractivity (Wildman–Crippen MR) is 130 cm³/mol. The molecule has 0 heterocycles. The van der Waals surface area contributed by atoms with Gasteiger partial charge in [0.05, 0.1) is 0 Å². The van der Waals surface area contributed by atoms with Crippen LogP contribution >= 0.6 is 15.2 Å². The third-order valence-corrected chi connectivity index (χ3v) is 14.8. The van der Waals surface area contributed by atoms with Crippen molar-refractivity contribution in [2.75, 3.05) is 0 Å². The summed E-state index contributed by atoms with van der Waals surface area (Å²) >= 11 is 0. The van der Waals surface area contributed by atoms with E-state index in [-0.39, 0.29) is 0 Å². The van der Waals surface area contributed by atoms with Gasteiger partial charge in [-0.1, -0.05) is 0 Å². The summed E-state index contributed by atoms with van der Waals surface area (Å²) in [6.45, 7) is 4.30. The predicted octanol–water partition coefficient (Wildman–Crippen LogP) is 5.25. The van der Waals surface area contributed by atoms with Crippen LogP contribution in [0.2, 0.25) is 0 Å². The first-order valence-corrected chi connectivity index (χ1v) is 13.5. The molecule has 0 fully saturated rings. The van der Waals surface area contributed by atoms with Crippen molar-refractivity contribution in [3.8, 4) is 0 Å². The first-order valence-electron chi connectivity index (χ1n) is 9.62. The second kappa shape index (κ2) is 7.29. The maximum atomic E-state index is 3.39. The molecule has 0 saturated heterocycles. The molecule has 0 bridgehead atoms. The Bertz CT molecular complexity index is 978. The summed E-state index contributed by atoms with van der Waals surface area (Å²) in [5.41, 5.74) is 2.56. The van der Waals surface area contributed by atoms with Crippen LogP contribution in [0.25, 0.3) is 0 Å². The van der Waals surface area contributed by atoms with Crippen LogP contribution in [-0.4, -0.2) is 0 Å². The molecule has 0 spiro atoms. The van der Waals surface area contributed by atoms with Gasteiger partial charge in [0.2, 0.25) is 0 Å². The average molecular weight is 400 g/mol. The van der Waals surface area contributed by atoms with Gasteiger partial charge in [-0.2, -0.15) is 0 Å². The third-order valence-electron chi connectivity index (χ3n) is 5.73. The Hall–Kier alpha value is -2.26. The van der Waals surface area contributed by atoms with Crippen molar-refractivity contribution >= 4 is 36.4 Å². The summed E-state index contributed by atoms with van der Waals surface area (Å²) < 4.78 is 0. The van der Waals surface area contributed by atoms with Crippen LogP contribution < -0.4 is 21.2 Å². The SMILES string of the molecule is Cc1ccc(P(P)(c2ccccc2)(c2ccccc2)c2ccc(C)cc2)cc1. The van der Waals surface area contributed by atoms with Crippen LogP contribution in [0.15, 0.2) is 109 Å². The molecular weight excluding hydrogens is 374 g/mol. The molecule has 4 rings (SSSR count). The van der Waals surface area contributed by atoms with E-state index in [0.717, 1.165) is 0 Å². The van der Waals surface area contributed by atoms with Crippen molar-refractivity contribution < 1.29 is 0 Å². The van der Waals surface area contributed by atoms with Gasteiger partial charge in [-0.05, 0) is 0 Å². The standard InChI is InChI=1S/C26H26P2/c1-21-13-17-25(18-14-21)28(27,23-9-5-3-6-10-23,24-11-7-4-8-12-24)26-19-15-22(2)16-20-26/h3-20H,27H2,1-2H3. The van der Waals surface area contributed by atoms with Crippen molar-refractivity contribution in [3.63, 3.8) is 0 Å². The van der Waals surface area contributed by atoms with Gasteiger partial charge in [0, 0.05) is 0 Å². The zero-order chi connectivity index (χ0) is 19.6. The van der Waals surface area contributed by atoms with Crippen LogP contribution in [-0.2, 0) is 0 Å². The molecule has 0 aliphatic heterocycles. The molecule has 0 N–H and O–H groups in total. The Morgan fingerprint density at radius 1 is 0.429 bits per heavy atom. The summed E-state index contributed by atoms with van der Waals surface area (Å²) in [7, 11) is 3.39. The normalized spacial score (nSPS) is 12.9. The minimum atomic E-state index is -2.95. The molecule has 4 aromatic carbocycles. The van der Waals surface area contributed by atoms with E-state index < -0.39 is 6.29 Å². The molecule has 1 atom stereocenters. The van der Waals surface area contributed by atoms with Crippen LogP contribution in [0.1, 0.15) is 11.1 Å². The van der Waals surface area contributed by atoms with E-state index in [4.69, 9.17) is 0 Å². The van der Waals surface area contributed by atoms with Crippen molar-refractivity contribution in [3.05, 3.63) is 120 Å². The van der Waals surface area contributed by atoms with Crippen molar-refractivity contribution in [1.82, 2.24) is 0 Å². The van der Waals surface area contributed by atoms with E-state index in [9.17, 15) is 0 Å². The van der Waals surface area contributed by atoms with Gasteiger partial charge >= 0.3 is 171 Å². The van der Waals surface area contributed by atoms with Gasteiger partial charge in [0.15, 0.2) is 0 Å². The van der Waals surface area contributed by atoms with Gasteiger partial charge in [-0.3, -0.25) is 0 Å². The van der Waals surface area contributed by atoms with Crippen molar-refractivity contribution in [1.29, 1.82) is 0 Å². The Labute approximate surface area is 170 Å². The van der Waals surface area contributed by atoms with Crippen LogP contribution in [0.3, 0.4) is 0 Å². The second-order valence-corrected chi connectivity index (χ2v) is 15.1. The van der Waals surface area contributed by atoms with Crippen LogP contribution in [0, 0.1) is 13.8 Å². The quantitative estimate of drug-likeness (QED) is 0.411. The van der Waals surface area contributed by atoms with Gasteiger partial charge in [-0.15, -0.1) is 0 Å². The number of benzene rings is 4. The molecule has 0 aliphatic rings. The second-order valence-electron chi connectivity index (χ2n) is 7.53. The van der Waals surface area contributed by atoms with Gasteiger partial charge < -0.3 is 0 Å². The Balaban J connectivity index is 2.21. The van der Waals surface area contributed by atoms with E-state index in [0.29, 0.717) is 0 Å². The van der Waals surface area contributed by atoms with E-state index >= 15 is 0 Å². The number of aryl methyl sites for hydroxylation is 2. The first-order chi connectivity index (χ1) is 13.5. The Kier molecular flexibility index (Phi) is 4.96. The Morgan fingerprint density at radius 2 is 0.714 bits per heavy atom. The molecule has 0 radical (unpaired) electrons. The molecule has 140 valence electrons. The molecule has 2 heteroatoms. The molecule has 0 saturated carbocycles. The minimum absolute atomic E-state index is 1.28. The third kappa shape index (κ3) is 2.84. The van der Waals surface area contributed by atoms with Gasteiger partial charge in [0.25, 0.3) is 0 Å². The average Bonchev–Trinajstić information content (AvgIpc) is 2.75. The molecule has 4 aromatic rings. The summed E-state index contributed by atoms with van der Waals surface area (Å²) in [6.07, 6.45) is -2.95. The monoisotopic (exact) mass is 400 g/mol. The van der Waals surface area contributed by atoms with Gasteiger partial charge in [-0.25, -0.2) is 0 Å². The summed E-state index contributed by atoms with van der Waals surface area (Å²) in [5, 5.41) is 5.44. The van der Waals surface area contributed by atoms with Gasteiger partial charge in [0.1, 0.15) is 0 Å². The van der Waals surface area contributed by atoms with E-state index in [1.54, 1.807) is 0 Å². The van der Waals surface area contributed by atoms with Crippen molar-refractivity contribution in [2.24, 2.45) is 0 Å². The number of rotatable bonds is 4. The Morgan fingerprint density at radius 3 is 1.04 bits per heavy atom. The number of hydrogen-bond acceptors (Lipinski definition) is 0. The van der Waals surface area contributed by atoms with E-state index in [1.807, 2.05) is 0 Å². The zero-order valence-corrected chi connectivity index (χ0v) is 18.5. The summed E-state index contributed by atoms with van der Waals surface area (Å²) in [5.74, 6) is 0. The molecule has 0 aromatic heterocycles. The number of hydrogen-bond donors (Lipinski definition) is 0. The summed E-state index contributed by atoms with van der Waals surface area (Å²) in [6, 6.07) is 40.2. The van der Waals surface area contributed by atoms with E-state index in [1.165, 1.54) is 32.3 Å². The van der Waals surface area contributed by atoms with Crippen LogP contribution in [0.5, 0.6) is 0 Å². The topological polar surface area (TPSA) is 0 Å². The molecular formula is C26H26P2. The van der Waals surface area contributed by atoms with Crippen LogP contribution in [0.4, 0.5) is 0 Å². The fraction of sp³-hybridized carbons (Fsp3) is 0.0769. The summed E-state index contributed by atoms with van der Waals surface area (Å²) in [4.78, 5) is 0. The molecule has 0 aliphatic carbocycles. The molecule has 0 amide bonds.